The van der Waals surface area contributed by atoms with E-state index < -0.39 is 7.94 Å². The molecule has 0 heterocycles. The summed E-state index contributed by atoms with van der Waals surface area (Å²) < 4.78 is 0. The van der Waals surface area contributed by atoms with Gasteiger partial charge in [-0.1, -0.05) is 0 Å². The molecule has 1 rings (SSSR count). The molecule has 1 aromatic rings. The van der Waals surface area contributed by atoms with Gasteiger partial charge in [-0.2, -0.15) is 0 Å². The van der Waals surface area contributed by atoms with Crippen molar-refractivity contribution in [3.05, 3.63) is 28.8 Å². The zero-order valence-electron chi connectivity index (χ0n) is 17.6. The minimum absolute atomic E-state index is 0.0136. The van der Waals surface area contributed by atoms with Crippen molar-refractivity contribution in [2.75, 3.05) is 0 Å². The predicted molar refractivity (Wildman–Crippen MR) is 111 cm³/mol. The first-order valence-corrected chi connectivity index (χ1v) is 11.3. The van der Waals surface area contributed by atoms with Crippen LogP contribution in [0.15, 0.2) is 12.1 Å². The summed E-state index contributed by atoms with van der Waals surface area (Å²) in [5.74, 6) is 0. The topological polar surface area (TPSA) is 60.7 Å². The number of hydrogen-bond donors (Lipinski definition) is 3. The molecule has 0 amide bonds. The summed E-state index contributed by atoms with van der Waals surface area (Å²) in [6.45, 7) is 19.2. The van der Waals surface area contributed by atoms with E-state index in [1.807, 2.05) is 0 Å². The Morgan fingerprint density at radius 3 is 1.24 bits per heavy atom. The summed E-state index contributed by atoms with van der Waals surface area (Å²) >= 11 is 0. The van der Waals surface area contributed by atoms with Crippen molar-refractivity contribution in [2.24, 2.45) is 0 Å². The van der Waals surface area contributed by atoms with Crippen LogP contribution < -0.4 is 5.30 Å². The van der Waals surface area contributed by atoms with Crippen LogP contribution in [0, 0.1) is 0 Å². The number of hydrogen-bond acceptors (Lipinski definition) is 3. The predicted octanol–water partition coefficient (Wildman–Crippen LogP) is 4.85. The molecule has 0 aliphatic carbocycles. The average Bonchev–Trinajstić information content (AvgIpc) is 2.52. The summed E-state index contributed by atoms with van der Waals surface area (Å²) in [4.78, 5) is 31.1. The van der Waals surface area contributed by atoms with Crippen LogP contribution in [0.3, 0.4) is 0 Å². The SMILES string of the molecule is CCC(C)(C)c1cc(C(C)(C)CC)c([PH](O)(O)O)c(C(C)(C)CC)c1. The van der Waals surface area contributed by atoms with Crippen LogP contribution in [0.4, 0.5) is 0 Å². The first-order valence-electron chi connectivity index (χ1n) is 9.51. The van der Waals surface area contributed by atoms with Gasteiger partial charge in [0, 0.05) is 0 Å². The van der Waals surface area contributed by atoms with Gasteiger partial charge in [-0.05, 0) is 0 Å². The van der Waals surface area contributed by atoms with Crippen LogP contribution in [0.2, 0.25) is 0 Å². The molecule has 0 saturated heterocycles. The van der Waals surface area contributed by atoms with Crippen LogP contribution in [-0.2, 0) is 16.2 Å². The zero-order valence-corrected chi connectivity index (χ0v) is 18.6. The Bertz CT molecular complexity index is 573. The summed E-state index contributed by atoms with van der Waals surface area (Å²) in [7, 11) is -4.47. The van der Waals surface area contributed by atoms with Gasteiger partial charge >= 0.3 is 155 Å². The normalized spacial score (nSPS) is 14.7. The van der Waals surface area contributed by atoms with E-state index >= 15 is 0 Å². The summed E-state index contributed by atoms with van der Waals surface area (Å²) in [5.41, 5.74) is 2.44. The fraction of sp³-hybridized carbons (Fsp3) is 0.714. The van der Waals surface area contributed by atoms with E-state index in [1.165, 1.54) is 5.56 Å². The monoisotopic (exact) mass is 370 g/mol. The molecule has 1 aromatic carbocycles. The zero-order chi connectivity index (χ0) is 19.8. The van der Waals surface area contributed by atoms with Gasteiger partial charge in [0.1, 0.15) is 0 Å². The second-order valence-corrected chi connectivity index (χ2v) is 11.1. The Labute approximate surface area is 155 Å². The second kappa shape index (κ2) is 7.27. The minimum atomic E-state index is -4.47. The van der Waals surface area contributed by atoms with Crippen molar-refractivity contribution in [3.8, 4) is 0 Å². The van der Waals surface area contributed by atoms with Gasteiger partial charge in [0.2, 0.25) is 0 Å². The third-order valence-corrected chi connectivity index (χ3v) is 7.57. The van der Waals surface area contributed by atoms with E-state index in [0.717, 1.165) is 30.4 Å². The molecule has 0 unspecified atom stereocenters. The molecule has 25 heavy (non-hydrogen) atoms. The quantitative estimate of drug-likeness (QED) is 0.602. The van der Waals surface area contributed by atoms with Crippen molar-refractivity contribution >= 4 is 13.2 Å². The molecule has 3 N–H and O–H groups in total. The van der Waals surface area contributed by atoms with Crippen molar-refractivity contribution in [1.29, 1.82) is 0 Å². The fourth-order valence-electron chi connectivity index (χ4n) is 3.05. The third kappa shape index (κ3) is 4.63. The van der Waals surface area contributed by atoms with Crippen molar-refractivity contribution < 1.29 is 14.7 Å². The Morgan fingerprint density at radius 2 is 1.00 bits per heavy atom. The van der Waals surface area contributed by atoms with Crippen LogP contribution in [0.25, 0.3) is 0 Å². The molecule has 0 spiro atoms. The Morgan fingerprint density at radius 1 is 0.680 bits per heavy atom. The molecule has 0 atom stereocenters. The van der Waals surface area contributed by atoms with Gasteiger partial charge < -0.3 is 0 Å². The fourth-order valence-corrected chi connectivity index (χ4v) is 4.59. The summed E-state index contributed by atoms with van der Waals surface area (Å²) in [6.07, 6.45) is 2.70. The number of rotatable bonds is 7. The third-order valence-electron chi connectivity index (χ3n) is 6.37. The molecule has 0 aliphatic rings. The summed E-state index contributed by atoms with van der Waals surface area (Å²) in [6, 6.07) is 4.20. The Balaban J connectivity index is 4.03. The maximum atomic E-state index is 10.4. The molecule has 0 fully saturated rings. The van der Waals surface area contributed by atoms with Gasteiger partial charge in [-0.3, -0.25) is 0 Å². The van der Waals surface area contributed by atoms with E-state index in [0.29, 0.717) is 5.30 Å². The molecule has 0 radical (unpaired) electrons. The first-order chi connectivity index (χ1) is 11.1. The van der Waals surface area contributed by atoms with Gasteiger partial charge in [0.15, 0.2) is 0 Å². The van der Waals surface area contributed by atoms with E-state index in [2.05, 4.69) is 74.4 Å². The Hall–Kier alpha value is -0.470. The van der Waals surface area contributed by atoms with Crippen LogP contribution in [0.1, 0.15) is 98.3 Å². The molecular weight excluding hydrogens is 331 g/mol. The van der Waals surface area contributed by atoms with Crippen LogP contribution in [-0.4, -0.2) is 14.7 Å². The molecule has 0 aliphatic heterocycles. The second-order valence-electron chi connectivity index (χ2n) is 9.29. The van der Waals surface area contributed by atoms with E-state index in [9.17, 15) is 14.7 Å². The van der Waals surface area contributed by atoms with Gasteiger partial charge in [-0.15, -0.1) is 0 Å². The molecule has 0 bridgehead atoms. The molecule has 146 valence electrons. The molecule has 0 aromatic heterocycles. The molecule has 4 heteroatoms. The number of benzene rings is 1. The summed E-state index contributed by atoms with van der Waals surface area (Å²) in [5, 5.41) is 0.391. The molecular formula is C21H39O3P. The average molecular weight is 371 g/mol. The van der Waals surface area contributed by atoms with Crippen LogP contribution in [0.5, 0.6) is 0 Å². The Kier molecular flexibility index (Phi) is 6.56. The molecule has 0 saturated carbocycles. The van der Waals surface area contributed by atoms with Gasteiger partial charge in [0.05, 0.1) is 0 Å². The van der Waals surface area contributed by atoms with Crippen molar-refractivity contribution in [3.63, 3.8) is 0 Å². The van der Waals surface area contributed by atoms with Gasteiger partial charge in [-0.25, -0.2) is 0 Å². The van der Waals surface area contributed by atoms with Crippen molar-refractivity contribution in [1.82, 2.24) is 0 Å². The van der Waals surface area contributed by atoms with Crippen molar-refractivity contribution in [2.45, 2.75) is 97.8 Å². The first kappa shape index (κ1) is 22.6. The van der Waals surface area contributed by atoms with E-state index in [-0.39, 0.29) is 16.2 Å². The van der Waals surface area contributed by atoms with E-state index in [4.69, 9.17) is 0 Å². The molecule has 3 nitrogen and oxygen atoms in total. The van der Waals surface area contributed by atoms with Gasteiger partial charge in [0.25, 0.3) is 0 Å². The standard InChI is InChI=1S/C21H39O3P/c1-10-19(4,5)15-13-16(20(6,7)11-2)18(25(22,23)24)17(14-15)21(8,9)12-3/h13-14,22-25H,10-12H2,1-9H3. The van der Waals surface area contributed by atoms with Crippen LogP contribution >= 0.6 is 7.94 Å². The van der Waals surface area contributed by atoms with E-state index in [1.54, 1.807) is 0 Å². The maximum absolute atomic E-state index is 10.4.